The topological polar surface area (TPSA) is 73.3 Å². The number of aryl methyl sites for hydroxylation is 1. The molecule has 1 amide bonds. The van der Waals surface area contributed by atoms with Crippen LogP contribution in [0.4, 0.5) is 5.69 Å². The Morgan fingerprint density at radius 1 is 0.906 bits per heavy atom. The lowest BCUT2D eigenvalue weighted by Crippen LogP contribution is -2.11. The van der Waals surface area contributed by atoms with Gasteiger partial charge in [0.25, 0.3) is 5.91 Å². The summed E-state index contributed by atoms with van der Waals surface area (Å²) in [5.74, 6) is 1.58. The van der Waals surface area contributed by atoms with Crippen molar-refractivity contribution < 1.29 is 14.3 Å². The highest BCUT2D eigenvalue weighted by molar-refractivity contribution is 6.04. The Morgan fingerprint density at radius 3 is 2.38 bits per heavy atom. The van der Waals surface area contributed by atoms with Crippen LogP contribution >= 0.6 is 0 Å². The minimum absolute atomic E-state index is 0.162. The quantitative estimate of drug-likeness (QED) is 0.408. The number of ether oxygens (including phenoxy) is 2. The summed E-state index contributed by atoms with van der Waals surface area (Å²) < 4.78 is 11.1. The summed E-state index contributed by atoms with van der Waals surface area (Å²) >= 11 is 0. The second kappa shape index (κ2) is 9.75. The van der Waals surface area contributed by atoms with Gasteiger partial charge in [0, 0.05) is 28.9 Å². The lowest BCUT2D eigenvalue weighted by Gasteiger charge is -2.09. The molecule has 1 N–H and O–H groups in total. The number of carbonyl (C=O) groups is 1. The van der Waals surface area contributed by atoms with Gasteiger partial charge in [0.2, 0.25) is 5.88 Å². The number of hydrogen-bond acceptors (Lipinski definition) is 5. The molecule has 4 aromatic rings. The molecule has 0 aliphatic carbocycles. The number of anilines is 1. The molecule has 32 heavy (non-hydrogen) atoms. The molecule has 0 atom stereocenters. The van der Waals surface area contributed by atoms with Gasteiger partial charge in [0.1, 0.15) is 17.8 Å². The number of hydrogen-bond donors (Lipinski definition) is 1. The zero-order valence-electron chi connectivity index (χ0n) is 17.9. The van der Waals surface area contributed by atoms with Crippen molar-refractivity contribution in [2.75, 3.05) is 12.4 Å². The molecular formula is C26H23N3O3. The summed E-state index contributed by atoms with van der Waals surface area (Å²) in [7, 11) is 1.61. The Bertz CT molecular complexity index is 1210. The first-order valence-electron chi connectivity index (χ1n) is 10.3. The van der Waals surface area contributed by atoms with Crippen molar-refractivity contribution in [2.45, 2.75) is 13.3 Å². The van der Waals surface area contributed by atoms with Crippen LogP contribution in [0.15, 0.2) is 85.2 Å². The third-order valence-corrected chi connectivity index (χ3v) is 4.97. The standard InChI is InChI=1S/C26H23N3O3/c1-3-18-7-13-21(14-8-18)29-26(30)20-11-9-19(10-12-20)24-16-25(28-17-27-24)32-23-6-4-5-22(15-23)31-2/h4-17H,3H2,1-2H3,(H,29,30). The third-order valence-electron chi connectivity index (χ3n) is 4.97. The van der Waals surface area contributed by atoms with E-state index in [0.717, 1.165) is 17.7 Å². The number of rotatable bonds is 7. The molecule has 0 fully saturated rings. The van der Waals surface area contributed by atoms with Crippen LogP contribution in [-0.2, 0) is 6.42 Å². The molecule has 3 aromatic carbocycles. The molecule has 160 valence electrons. The summed E-state index contributed by atoms with van der Waals surface area (Å²) in [4.78, 5) is 21.1. The number of aromatic nitrogens is 2. The number of nitrogens with one attached hydrogen (secondary N) is 1. The van der Waals surface area contributed by atoms with Crippen molar-refractivity contribution in [3.63, 3.8) is 0 Å². The summed E-state index contributed by atoms with van der Waals surface area (Å²) in [6.45, 7) is 2.10. The molecule has 0 spiro atoms. The molecule has 0 bridgehead atoms. The van der Waals surface area contributed by atoms with E-state index < -0.39 is 0 Å². The minimum atomic E-state index is -0.162. The summed E-state index contributed by atoms with van der Waals surface area (Å²) in [6, 6.07) is 24.2. The average Bonchev–Trinajstić information content (AvgIpc) is 2.85. The molecule has 6 heteroatoms. The van der Waals surface area contributed by atoms with Crippen LogP contribution in [0, 0.1) is 0 Å². The highest BCUT2D eigenvalue weighted by Crippen LogP contribution is 2.26. The van der Waals surface area contributed by atoms with E-state index in [2.05, 4.69) is 22.2 Å². The maximum Gasteiger partial charge on any atom is 0.255 e. The molecule has 0 saturated carbocycles. The van der Waals surface area contributed by atoms with Crippen molar-refractivity contribution in [3.8, 4) is 28.6 Å². The Morgan fingerprint density at radius 2 is 1.66 bits per heavy atom. The lowest BCUT2D eigenvalue weighted by molar-refractivity contribution is 0.102. The van der Waals surface area contributed by atoms with E-state index in [0.29, 0.717) is 28.6 Å². The molecule has 0 unspecified atom stereocenters. The Balaban J connectivity index is 1.46. The number of methoxy groups -OCH3 is 1. The first-order chi connectivity index (χ1) is 15.6. The maximum atomic E-state index is 12.6. The van der Waals surface area contributed by atoms with E-state index in [-0.39, 0.29) is 5.91 Å². The van der Waals surface area contributed by atoms with E-state index in [1.165, 1.54) is 11.9 Å². The minimum Gasteiger partial charge on any atom is -0.497 e. The second-order valence-electron chi connectivity index (χ2n) is 7.10. The van der Waals surface area contributed by atoms with Gasteiger partial charge in [-0.2, -0.15) is 0 Å². The Hall–Kier alpha value is -4.19. The van der Waals surface area contributed by atoms with Gasteiger partial charge in [0.05, 0.1) is 12.8 Å². The monoisotopic (exact) mass is 425 g/mol. The third kappa shape index (κ3) is 5.10. The van der Waals surface area contributed by atoms with Gasteiger partial charge in [-0.15, -0.1) is 0 Å². The van der Waals surface area contributed by atoms with Crippen LogP contribution < -0.4 is 14.8 Å². The van der Waals surface area contributed by atoms with Crippen molar-refractivity contribution in [2.24, 2.45) is 0 Å². The Labute approximate surface area is 186 Å². The first-order valence-corrected chi connectivity index (χ1v) is 10.3. The molecule has 1 heterocycles. The van der Waals surface area contributed by atoms with Gasteiger partial charge in [-0.25, -0.2) is 9.97 Å². The van der Waals surface area contributed by atoms with Crippen LogP contribution in [0.25, 0.3) is 11.3 Å². The second-order valence-corrected chi connectivity index (χ2v) is 7.10. The van der Waals surface area contributed by atoms with E-state index >= 15 is 0 Å². The van der Waals surface area contributed by atoms with Crippen LogP contribution in [-0.4, -0.2) is 23.0 Å². The first kappa shape index (κ1) is 21.1. The normalized spacial score (nSPS) is 10.4. The molecule has 0 aliphatic heterocycles. The van der Waals surface area contributed by atoms with Crippen molar-refractivity contribution in [3.05, 3.63) is 96.3 Å². The molecular weight excluding hydrogens is 402 g/mol. The van der Waals surface area contributed by atoms with E-state index in [4.69, 9.17) is 9.47 Å². The summed E-state index contributed by atoms with van der Waals surface area (Å²) in [5, 5.41) is 2.92. The van der Waals surface area contributed by atoms with Crippen molar-refractivity contribution >= 4 is 11.6 Å². The van der Waals surface area contributed by atoms with Crippen LogP contribution in [0.1, 0.15) is 22.8 Å². The number of carbonyl (C=O) groups excluding carboxylic acids is 1. The van der Waals surface area contributed by atoms with E-state index in [1.807, 2.05) is 54.6 Å². The van der Waals surface area contributed by atoms with Gasteiger partial charge in [0.15, 0.2) is 0 Å². The molecule has 0 aliphatic rings. The predicted octanol–water partition coefficient (Wildman–Crippen LogP) is 5.76. The molecule has 1 aromatic heterocycles. The highest BCUT2D eigenvalue weighted by atomic mass is 16.5. The van der Waals surface area contributed by atoms with E-state index in [1.54, 1.807) is 31.4 Å². The summed E-state index contributed by atoms with van der Waals surface area (Å²) in [5.41, 5.74) is 4.11. The fourth-order valence-corrected chi connectivity index (χ4v) is 3.16. The predicted molar refractivity (Wildman–Crippen MR) is 124 cm³/mol. The van der Waals surface area contributed by atoms with Crippen molar-refractivity contribution in [1.29, 1.82) is 0 Å². The number of amides is 1. The zero-order chi connectivity index (χ0) is 22.3. The van der Waals surface area contributed by atoms with Gasteiger partial charge in [-0.1, -0.05) is 37.3 Å². The number of benzene rings is 3. The van der Waals surface area contributed by atoms with Gasteiger partial charge < -0.3 is 14.8 Å². The van der Waals surface area contributed by atoms with Crippen LogP contribution in [0.2, 0.25) is 0 Å². The van der Waals surface area contributed by atoms with Crippen LogP contribution in [0.3, 0.4) is 0 Å². The fourth-order valence-electron chi connectivity index (χ4n) is 3.16. The van der Waals surface area contributed by atoms with Gasteiger partial charge in [-0.3, -0.25) is 4.79 Å². The van der Waals surface area contributed by atoms with Gasteiger partial charge >= 0.3 is 0 Å². The molecule has 4 rings (SSSR count). The van der Waals surface area contributed by atoms with Crippen LogP contribution in [0.5, 0.6) is 17.4 Å². The lowest BCUT2D eigenvalue weighted by atomic mass is 10.1. The van der Waals surface area contributed by atoms with Crippen molar-refractivity contribution in [1.82, 2.24) is 9.97 Å². The largest absolute Gasteiger partial charge is 0.497 e. The highest BCUT2D eigenvalue weighted by Gasteiger charge is 2.09. The number of nitrogens with zero attached hydrogens (tertiary/aromatic N) is 2. The Kier molecular flexibility index (Phi) is 6.41. The van der Waals surface area contributed by atoms with Gasteiger partial charge in [-0.05, 0) is 48.4 Å². The SMILES string of the molecule is CCc1ccc(NC(=O)c2ccc(-c3cc(Oc4cccc(OC)c4)ncn3)cc2)cc1. The fraction of sp³-hybridized carbons (Fsp3) is 0.115. The maximum absolute atomic E-state index is 12.6. The molecule has 0 saturated heterocycles. The smallest absolute Gasteiger partial charge is 0.255 e. The van der Waals surface area contributed by atoms with E-state index in [9.17, 15) is 4.79 Å². The summed E-state index contributed by atoms with van der Waals surface area (Å²) in [6.07, 6.45) is 2.41. The average molecular weight is 425 g/mol. The zero-order valence-corrected chi connectivity index (χ0v) is 17.9. The molecule has 0 radical (unpaired) electrons. The molecule has 6 nitrogen and oxygen atoms in total.